The number of aromatic amines is 3. The van der Waals surface area contributed by atoms with Crippen molar-refractivity contribution in [2.75, 3.05) is 5.01 Å². The van der Waals surface area contributed by atoms with E-state index in [1.807, 2.05) is 0 Å². The number of hydrogen-bond donors (Lipinski definition) is 4. The fourth-order valence-electron chi connectivity index (χ4n) is 7.35. The Labute approximate surface area is 286 Å². The van der Waals surface area contributed by atoms with Crippen LogP contribution in [0.3, 0.4) is 0 Å². The number of imidazole rings is 3. The molecule has 0 spiro atoms. The van der Waals surface area contributed by atoms with Crippen LogP contribution in [0.5, 0.6) is 5.75 Å². The van der Waals surface area contributed by atoms with Crippen LogP contribution in [-0.2, 0) is 51.7 Å². The molecule has 3 aliphatic rings. The lowest BCUT2D eigenvalue weighted by Gasteiger charge is -2.26. The van der Waals surface area contributed by atoms with Gasteiger partial charge in [-0.3, -0.25) is 0 Å². The number of anilines is 1. The fraction of sp³-hybridized carbons (Fsp3) is 0.270. The van der Waals surface area contributed by atoms with Crippen LogP contribution >= 0.6 is 22.6 Å². The van der Waals surface area contributed by atoms with Gasteiger partial charge in [-0.15, -0.1) is 0 Å². The lowest BCUT2D eigenvalue weighted by Crippen LogP contribution is -2.33. The molecule has 0 radical (unpaired) electrons. The summed E-state index contributed by atoms with van der Waals surface area (Å²) in [5, 5.41) is 1.80. The third-order valence-electron chi connectivity index (χ3n) is 9.72. The van der Waals surface area contributed by atoms with Crippen LogP contribution < -0.4 is 15.6 Å². The number of hydrazine groups is 1. The molecule has 3 aromatic heterocycles. The Morgan fingerprint density at radius 1 is 0.745 bits per heavy atom. The van der Waals surface area contributed by atoms with E-state index in [9.17, 15) is 0 Å². The third kappa shape index (κ3) is 5.23. The quantitative estimate of drug-likeness (QED) is 0.109. The van der Waals surface area contributed by atoms with Crippen molar-refractivity contribution in [2.24, 2.45) is 5.84 Å². The maximum atomic E-state index is 6.35. The highest BCUT2D eigenvalue weighted by Gasteiger charge is 2.25. The molecule has 1 aliphatic carbocycles. The number of H-pyrrole nitrogens is 3. The van der Waals surface area contributed by atoms with Crippen molar-refractivity contribution >= 4 is 28.3 Å². The zero-order valence-electron chi connectivity index (χ0n) is 26.2. The third-order valence-corrected chi connectivity index (χ3v) is 10.2. The van der Waals surface area contributed by atoms with E-state index in [2.05, 4.69) is 99.1 Å². The zero-order chi connectivity index (χ0) is 31.6. The molecule has 2 aliphatic heterocycles. The van der Waals surface area contributed by atoms with Gasteiger partial charge in [0.05, 0.1) is 40.7 Å². The average Bonchev–Trinajstić information content (AvgIpc) is 3.76. The lowest BCUT2D eigenvalue weighted by atomic mass is 9.98. The van der Waals surface area contributed by atoms with Crippen LogP contribution in [-0.4, -0.2) is 29.9 Å². The largest absolute Gasteiger partial charge is 0.487 e. The molecule has 9 nitrogen and oxygen atoms in total. The molecular formula is C37H35IN8O. The molecule has 5 N–H and O–H groups in total. The molecule has 0 unspecified atom stereocenters. The number of benzene rings is 3. The molecule has 0 saturated carbocycles. The minimum Gasteiger partial charge on any atom is -0.487 e. The lowest BCUT2D eigenvalue weighted by molar-refractivity contribution is 0.297. The minimum absolute atomic E-state index is 0.502. The van der Waals surface area contributed by atoms with Crippen molar-refractivity contribution < 1.29 is 4.74 Å². The van der Waals surface area contributed by atoms with Crippen molar-refractivity contribution in [3.05, 3.63) is 109 Å². The van der Waals surface area contributed by atoms with E-state index < -0.39 is 0 Å². The number of nitrogens with zero attached hydrogens (tertiary/aromatic N) is 4. The first-order valence-electron chi connectivity index (χ1n) is 16.4. The van der Waals surface area contributed by atoms with Gasteiger partial charge in [0.15, 0.2) is 3.83 Å². The van der Waals surface area contributed by atoms with Crippen molar-refractivity contribution in [1.29, 1.82) is 0 Å². The Kier molecular flexibility index (Phi) is 6.97. The van der Waals surface area contributed by atoms with Crippen LogP contribution in [0.4, 0.5) is 5.69 Å². The number of hydrogen-bond acceptors (Lipinski definition) is 6. The van der Waals surface area contributed by atoms with E-state index >= 15 is 0 Å². The summed E-state index contributed by atoms with van der Waals surface area (Å²) in [6.45, 7) is 3.21. The number of halogens is 1. The molecular weight excluding hydrogens is 699 g/mol. The van der Waals surface area contributed by atoms with E-state index in [0.29, 0.717) is 13.2 Å². The molecule has 0 fully saturated rings. The second kappa shape index (κ2) is 11.4. The summed E-state index contributed by atoms with van der Waals surface area (Å²) in [7, 11) is 0. The maximum Gasteiger partial charge on any atom is 0.169 e. The van der Waals surface area contributed by atoms with Crippen LogP contribution in [0.2, 0.25) is 0 Å². The molecule has 9 rings (SSSR count). The van der Waals surface area contributed by atoms with Gasteiger partial charge >= 0.3 is 0 Å². The maximum absolute atomic E-state index is 6.35. The second-order valence-electron chi connectivity index (χ2n) is 13.0. The molecule has 0 amide bonds. The molecule has 5 heterocycles. The molecule has 6 aromatic rings. The van der Waals surface area contributed by atoms with E-state index in [4.69, 9.17) is 25.5 Å². The highest BCUT2D eigenvalue weighted by Crippen LogP contribution is 2.39. The molecule has 47 heavy (non-hydrogen) atoms. The van der Waals surface area contributed by atoms with E-state index in [1.54, 1.807) is 5.01 Å². The SMILES string of the molecule is Cc1ccc2c(c1)N(N)Cc1[nH]c(CCc3ccc4c(c3)OCc3[nH]c(CCc5ccc6c(c5)CCCc5[nH]c(I)nc5-6)nc3-4)nc1-2. The van der Waals surface area contributed by atoms with Crippen molar-refractivity contribution in [1.82, 2.24) is 29.9 Å². The number of fused-ring (bicyclic) bond motifs is 9. The van der Waals surface area contributed by atoms with Gasteiger partial charge in [0.1, 0.15) is 24.0 Å². The summed E-state index contributed by atoms with van der Waals surface area (Å²) in [6, 6.07) is 19.8. The standard InChI is InChI=1S/C37H35IN8O/c1-20-5-10-25-30(15-20)46(39)18-28-35(25)43-32(40-28)14-9-22-7-12-26-31(17-22)47-19-29-36(26)44-33(41-29)13-8-21-6-11-24-23(16-21)3-2-4-27-34(24)45-37(38)42-27/h5-7,10-12,15-17H,2-4,8-9,13-14,18-19,39H2,1H3,(H,40,43)(H,41,44)(H,42,45). The highest BCUT2D eigenvalue weighted by atomic mass is 127. The van der Waals surface area contributed by atoms with Crippen LogP contribution in [0.25, 0.3) is 33.8 Å². The van der Waals surface area contributed by atoms with E-state index in [0.717, 1.165) is 111 Å². The second-order valence-corrected chi connectivity index (χ2v) is 14.0. The van der Waals surface area contributed by atoms with Gasteiger partial charge < -0.3 is 24.7 Å². The van der Waals surface area contributed by atoms with Crippen LogP contribution in [0.1, 0.15) is 57.4 Å². The first-order chi connectivity index (χ1) is 22.9. The van der Waals surface area contributed by atoms with Gasteiger partial charge in [-0.25, -0.2) is 20.8 Å². The minimum atomic E-state index is 0.502. The van der Waals surface area contributed by atoms with Crippen molar-refractivity contribution in [3.63, 3.8) is 0 Å². The summed E-state index contributed by atoms with van der Waals surface area (Å²) in [5.74, 6) is 9.23. The van der Waals surface area contributed by atoms with Gasteiger partial charge in [0, 0.05) is 35.2 Å². The number of rotatable bonds is 6. The predicted octanol–water partition coefficient (Wildman–Crippen LogP) is 6.92. The molecule has 236 valence electrons. The van der Waals surface area contributed by atoms with E-state index in [-0.39, 0.29) is 0 Å². The van der Waals surface area contributed by atoms with Gasteiger partial charge in [0.25, 0.3) is 0 Å². The number of ether oxygens (including phenoxy) is 1. The first kappa shape index (κ1) is 28.8. The number of nitrogens with two attached hydrogens (primary N) is 1. The first-order valence-corrected chi connectivity index (χ1v) is 17.4. The van der Waals surface area contributed by atoms with Gasteiger partial charge in [-0.1, -0.05) is 36.4 Å². The zero-order valence-corrected chi connectivity index (χ0v) is 28.4. The molecule has 10 heteroatoms. The van der Waals surface area contributed by atoms with Crippen LogP contribution in [0.15, 0.2) is 54.6 Å². The summed E-state index contributed by atoms with van der Waals surface area (Å²) in [6.07, 6.45) is 6.72. The van der Waals surface area contributed by atoms with Gasteiger partial charge in [-0.05, 0) is 102 Å². The molecule has 0 saturated heterocycles. The molecule has 3 aromatic carbocycles. The smallest absolute Gasteiger partial charge is 0.169 e. The Morgan fingerprint density at radius 2 is 1.45 bits per heavy atom. The monoisotopic (exact) mass is 734 g/mol. The van der Waals surface area contributed by atoms with E-state index in [1.165, 1.54) is 33.5 Å². The number of nitrogens with one attached hydrogen (secondary N) is 3. The Morgan fingerprint density at radius 3 is 2.28 bits per heavy atom. The summed E-state index contributed by atoms with van der Waals surface area (Å²) < 4.78 is 7.19. The van der Waals surface area contributed by atoms with Crippen molar-refractivity contribution in [3.8, 4) is 39.5 Å². The highest BCUT2D eigenvalue weighted by molar-refractivity contribution is 14.1. The fourth-order valence-corrected chi connectivity index (χ4v) is 7.92. The Balaban J connectivity index is 0.880. The number of aryl methyl sites for hydroxylation is 7. The Bertz CT molecular complexity index is 2180. The summed E-state index contributed by atoms with van der Waals surface area (Å²) in [5.41, 5.74) is 16.1. The molecule has 0 bridgehead atoms. The topological polar surface area (TPSA) is 125 Å². The van der Waals surface area contributed by atoms with Gasteiger partial charge in [0.2, 0.25) is 0 Å². The normalized spacial score (nSPS) is 14.3. The predicted molar refractivity (Wildman–Crippen MR) is 191 cm³/mol. The average molecular weight is 735 g/mol. The summed E-state index contributed by atoms with van der Waals surface area (Å²) in [4.78, 5) is 25.3. The summed E-state index contributed by atoms with van der Waals surface area (Å²) >= 11 is 2.27. The van der Waals surface area contributed by atoms with Gasteiger partial charge in [-0.2, -0.15) is 0 Å². The van der Waals surface area contributed by atoms with Crippen molar-refractivity contribution in [2.45, 2.75) is 65.0 Å². The Hall–Kier alpha value is -4.42. The number of aromatic nitrogens is 6. The molecule has 0 atom stereocenters. The van der Waals surface area contributed by atoms with Crippen LogP contribution in [0, 0.1) is 10.8 Å².